The van der Waals surface area contributed by atoms with E-state index in [4.69, 9.17) is 9.63 Å². The number of nitrogens with one attached hydrogen (secondary N) is 2. The summed E-state index contributed by atoms with van der Waals surface area (Å²) in [4.78, 5) is 21.9. The zero-order valence-corrected chi connectivity index (χ0v) is 15.6. The first kappa shape index (κ1) is 20.8. The standard InChI is InChI=1S/C12H19N3O6S3/c1-8-12(9(2)21-15-8)24(19,20)14-7-10(16)13-4-6-23-22-5-3-11(17)18/h14H,3-7H2,1-2H3,(H,13,16)(H,17,18). The van der Waals surface area contributed by atoms with Crippen LogP contribution in [0.1, 0.15) is 17.9 Å². The maximum atomic E-state index is 12.1. The van der Waals surface area contributed by atoms with Crippen LogP contribution in [-0.2, 0) is 19.6 Å². The number of sulfonamides is 1. The van der Waals surface area contributed by atoms with Crippen molar-refractivity contribution in [1.29, 1.82) is 0 Å². The molecular weight excluding hydrogens is 378 g/mol. The molecule has 1 amide bonds. The van der Waals surface area contributed by atoms with Crippen LogP contribution in [0.3, 0.4) is 0 Å². The largest absolute Gasteiger partial charge is 0.481 e. The molecule has 12 heteroatoms. The second-order valence-corrected chi connectivity index (χ2v) is 9.02. The average Bonchev–Trinajstić information content (AvgIpc) is 2.83. The van der Waals surface area contributed by atoms with E-state index in [-0.39, 0.29) is 29.3 Å². The number of aliphatic carboxylic acids is 1. The summed E-state index contributed by atoms with van der Waals surface area (Å²) >= 11 is 0. The molecule has 0 saturated heterocycles. The van der Waals surface area contributed by atoms with Gasteiger partial charge in [0.2, 0.25) is 15.9 Å². The van der Waals surface area contributed by atoms with Gasteiger partial charge in [-0.05, 0) is 13.8 Å². The number of carbonyl (C=O) groups excluding carboxylic acids is 1. The first-order chi connectivity index (χ1) is 11.2. The Labute approximate surface area is 147 Å². The van der Waals surface area contributed by atoms with Gasteiger partial charge < -0.3 is 14.9 Å². The molecule has 0 saturated carbocycles. The molecule has 1 aromatic rings. The third kappa shape index (κ3) is 7.11. The maximum Gasteiger partial charge on any atom is 0.304 e. The average molecular weight is 398 g/mol. The zero-order chi connectivity index (χ0) is 18.2. The second-order valence-electron chi connectivity index (χ2n) is 4.62. The van der Waals surface area contributed by atoms with E-state index in [0.717, 1.165) is 0 Å². The Balaban J connectivity index is 2.25. The molecule has 136 valence electrons. The van der Waals surface area contributed by atoms with Gasteiger partial charge in [0.25, 0.3) is 0 Å². The molecule has 0 aliphatic carbocycles. The maximum absolute atomic E-state index is 12.1. The summed E-state index contributed by atoms with van der Waals surface area (Å²) in [5, 5.41) is 14.6. The molecule has 1 heterocycles. The minimum Gasteiger partial charge on any atom is -0.481 e. The predicted octanol–water partition coefficient (Wildman–Crippen LogP) is 0.542. The topological polar surface area (TPSA) is 139 Å². The molecular formula is C12H19N3O6S3. The van der Waals surface area contributed by atoms with Gasteiger partial charge in [0.1, 0.15) is 10.6 Å². The Hall–Kier alpha value is -1.24. The predicted molar refractivity (Wildman–Crippen MR) is 91.3 cm³/mol. The number of aromatic nitrogens is 1. The van der Waals surface area contributed by atoms with Gasteiger partial charge in [0.15, 0.2) is 5.76 Å². The van der Waals surface area contributed by atoms with Crippen LogP contribution in [-0.4, -0.2) is 55.2 Å². The van der Waals surface area contributed by atoms with Gasteiger partial charge in [0, 0.05) is 18.1 Å². The summed E-state index contributed by atoms with van der Waals surface area (Å²) < 4.78 is 31.2. The number of amides is 1. The molecule has 0 aromatic carbocycles. The number of hydrogen-bond donors (Lipinski definition) is 3. The van der Waals surface area contributed by atoms with Gasteiger partial charge in [-0.3, -0.25) is 9.59 Å². The highest BCUT2D eigenvalue weighted by Crippen LogP contribution is 2.21. The summed E-state index contributed by atoms with van der Waals surface area (Å²) in [5.41, 5.74) is 0.232. The Bertz CT molecular complexity index is 654. The lowest BCUT2D eigenvalue weighted by molar-refractivity contribution is -0.136. The van der Waals surface area contributed by atoms with Crippen molar-refractivity contribution in [2.75, 3.05) is 24.6 Å². The summed E-state index contributed by atoms with van der Waals surface area (Å²) in [6, 6.07) is 0. The Morgan fingerprint density at radius 3 is 2.50 bits per heavy atom. The van der Waals surface area contributed by atoms with Gasteiger partial charge in [-0.15, -0.1) is 0 Å². The molecule has 9 nitrogen and oxygen atoms in total. The lowest BCUT2D eigenvalue weighted by atomic mass is 10.4. The molecule has 0 unspecified atom stereocenters. The second kappa shape index (κ2) is 9.91. The first-order valence-electron chi connectivity index (χ1n) is 6.89. The van der Waals surface area contributed by atoms with Crippen molar-refractivity contribution in [3.8, 4) is 0 Å². The van der Waals surface area contributed by atoms with E-state index in [9.17, 15) is 18.0 Å². The number of carboxylic acid groups (broad SMARTS) is 1. The van der Waals surface area contributed by atoms with E-state index in [2.05, 4.69) is 15.2 Å². The van der Waals surface area contributed by atoms with Crippen molar-refractivity contribution >= 4 is 43.5 Å². The highest BCUT2D eigenvalue weighted by Gasteiger charge is 2.24. The van der Waals surface area contributed by atoms with Crippen LogP contribution in [0.5, 0.6) is 0 Å². The normalized spacial score (nSPS) is 11.4. The Morgan fingerprint density at radius 2 is 1.92 bits per heavy atom. The molecule has 3 N–H and O–H groups in total. The molecule has 0 aliphatic heterocycles. The third-order valence-electron chi connectivity index (χ3n) is 2.65. The fourth-order valence-corrected chi connectivity index (χ4v) is 4.83. The fraction of sp³-hybridized carbons (Fsp3) is 0.583. The van der Waals surface area contributed by atoms with Gasteiger partial charge in [-0.1, -0.05) is 26.7 Å². The van der Waals surface area contributed by atoms with E-state index in [1.54, 1.807) is 0 Å². The van der Waals surface area contributed by atoms with Crippen LogP contribution < -0.4 is 10.0 Å². The number of carbonyl (C=O) groups is 2. The number of carboxylic acids is 1. The van der Waals surface area contributed by atoms with Crippen LogP contribution in [0, 0.1) is 13.8 Å². The van der Waals surface area contributed by atoms with Crippen LogP contribution in [0.25, 0.3) is 0 Å². The monoisotopic (exact) mass is 397 g/mol. The minimum atomic E-state index is -3.86. The molecule has 0 fully saturated rings. The highest BCUT2D eigenvalue weighted by atomic mass is 33.1. The van der Waals surface area contributed by atoms with Gasteiger partial charge in [0.05, 0.1) is 13.0 Å². The van der Waals surface area contributed by atoms with Crippen molar-refractivity contribution in [2.45, 2.75) is 25.2 Å². The van der Waals surface area contributed by atoms with Crippen molar-refractivity contribution in [3.05, 3.63) is 11.5 Å². The van der Waals surface area contributed by atoms with E-state index in [1.807, 2.05) is 0 Å². The molecule has 0 atom stereocenters. The van der Waals surface area contributed by atoms with E-state index in [0.29, 0.717) is 18.1 Å². The third-order valence-corrected chi connectivity index (χ3v) is 6.70. The van der Waals surface area contributed by atoms with Crippen molar-refractivity contribution < 1.29 is 27.6 Å². The molecule has 24 heavy (non-hydrogen) atoms. The SMILES string of the molecule is Cc1noc(C)c1S(=O)(=O)NCC(=O)NCCSSCCC(=O)O. The van der Waals surface area contributed by atoms with Gasteiger partial charge in [-0.25, -0.2) is 13.1 Å². The fourth-order valence-electron chi connectivity index (χ4n) is 1.63. The van der Waals surface area contributed by atoms with Crippen molar-refractivity contribution in [1.82, 2.24) is 15.2 Å². The smallest absolute Gasteiger partial charge is 0.304 e. The lowest BCUT2D eigenvalue weighted by Crippen LogP contribution is -2.37. The van der Waals surface area contributed by atoms with Crippen LogP contribution in [0.4, 0.5) is 0 Å². The Morgan fingerprint density at radius 1 is 1.25 bits per heavy atom. The number of rotatable bonds is 11. The van der Waals surface area contributed by atoms with E-state index < -0.39 is 21.9 Å². The van der Waals surface area contributed by atoms with E-state index in [1.165, 1.54) is 35.4 Å². The summed E-state index contributed by atoms with van der Waals surface area (Å²) in [5.74, 6) is -0.0590. The highest BCUT2D eigenvalue weighted by molar-refractivity contribution is 8.76. The number of hydrogen-bond acceptors (Lipinski definition) is 8. The van der Waals surface area contributed by atoms with E-state index >= 15 is 0 Å². The first-order valence-corrected chi connectivity index (χ1v) is 10.9. The summed E-state index contributed by atoms with van der Waals surface area (Å²) in [6.45, 7) is 2.96. The summed E-state index contributed by atoms with van der Waals surface area (Å²) in [7, 11) is -1.01. The van der Waals surface area contributed by atoms with Gasteiger partial charge in [-0.2, -0.15) is 0 Å². The molecule has 1 rings (SSSR count). The van der Waals surface area contributed by atoms with Gasteiger partial charge >= 0.3 is 5.97 Å². The quantitative estimate of drug-likeness (QED) is 0.361. The van der Waals surface area contributed by atoms with Crippen molar-refractivity contribution in [3.63, 3.8) is 0 Å². The number of nitrogens with zero attached hydrogens (tertiary/aromatic N) is 1. The molecule has 0 aliphatic rings. The molecule has 0 bridgehead atoms. The summed E-state index contributed by atoms with van der Waals surface area (Å²) in [6.07, 6.45) is 0.0908. The molecule has 0 radical (unpaired) electrons. The minimum absolute atomic E-state index is 0.0549. The number of aryl methyl sites for hydroxylation is 2. The van der Waals surface area contributed by atoms with Crippen LogP contribution in [0.15, 0.2) is 9.42 Å². The zero-order valence-electron chi connectivity index (χ0n) is 13.2. The van der Waals surface area contributed by atoms with Crippen LogP contribution >= 0.6 is 21.6 Å². The molecule has 0 spiro atoms. The van der Waals surface area contributed by atoms with Crippen LogP contribution in [0.2, 0.25) is 0 Å². The van der Waals surface area contributed by atoms with Crippen molar-refractivity contribution in [2.24, 2.45) is 0 Å². The lowest BCUT2D eigenvalue weighted by Gasteiger charge is -2.07. The molecule has 1 aromatic heterocycles. The Kier molecular flexibility index (Phi) is 8.59.